The van der Waals surface area contributed by atoms with Gasteiger partial charge < -0.3 is 5.32 Å². The molecule has 2 nitrogen and oxygen atoms in total. The first-order valence-corrected chi connectivity index (χ1v) is 10.6. The number of rotatable bonds is 1. The van der Waals surface area contributed by atoms with E-state index in [-0.39, 0.29) is 17.2 Å². The Hall–Kier alpha value is -2.29. The molecule has 0 bridgehead atoms. The number of halogens is 2. The highest BCUT2D eigenvalue weighted by Gasteiger charge is 2.41. The van der Waals surface area contributed by atoms with E-state index >= 15 is 0 Å². The molecular weight excluding hydrogens is 401 g/mol. The van der Waals surface area contributed by atoms with Crippen molar-refractivity contribution >= 4 is 51.0 Å². The Morgan fingerprint density at radius 2 is 1.76 bits per heavy atom. The molecule has 4 heteroatoms. The molecule has 1 N–H and O–H groups in total. The third-order valence-electron chi connectivity index (χ3n) is 6.04. The van der Waals surface area contributed by atoms with Gasteiger partial charge in [0.2, 0.25) is 0 Å². The van der Waals surface area contributed by atoms with Crippen LogP contribution < -0.4 is 5.32 Å². The lowest BCUT2D eigenvalue weighted by atomic mass is 9.68. The van der Waals surface area contributed by atoms with Gasteiger partial charge in [-0.15, -0.1) is 0 Å². The number of benzene rings is 3. The highest BCUT2D eigenvalue weighted by atomic mass is 35.5. The summed E-state index contributed by atoms with van der Waals surface area (Å²) in [6.45, 7) is 4.33. The first-order valence-electron chi connectivity index (χ1n) is 9.84. The first-order chi connectivity index (χ1) is 13.9. The summed E-state index contributed by atoms with van der Waals surface area (Å²) in [7, 11) is 0. The van der Waals surface area contributed by atoms with Gasteiger partial charge in [-0.25, -0.2) is 0 Å². The topological polar surface area (TPSA) is 29.1 Å². The van der Waals surface area contributed by atoms with Crippen molar-refractivity contribution in [3.05, 3.63) is 81.3 Å². The van der Waals surface area contributed by atoms with E-state index in [1.54, 1.807) is 6.07 Å². The van der Waals surface area contributed by atoms with E-state index in [2.05, 4.69) is 43.4 Å². The van der Waals surface area contributed by atoms with Crippen LogP contribution in [0.5, 0.6) is 0 Å². The molecule has 3 aromatic rings. The maximum atomic E-state index is 13.3. The van der Waals surface area contributed by atoms with Gasteiger partial charge >= 0.3 is 0 Å². The van der Waals surface area contributed by atoms with E-state index in [1.807, 2.05) is 24.3 Å². The number of carbonyl (C=O) groups excluding carboxylic acids is 1. The maximum absolute atomic E-state index is 13.3. The van der Waals surface area contributed by atoms with Crippen molar-refractivity contribution < 1.29 is 4.79 Å². The molecule has 0 spiro atoms. The van der Waals surface area contributed by atoms with Gasteiger partial charge in [0.15, 0.2) is 5.78 Å². The zero-order chi connectivity index (χ0) is 20.3. The van der Waals surface area contributed by atoms with E-state index in [9.17, 15) is 4.79 Å². The molecular formula is C25H21Cl2NO. The lowest BCUT2D eigenvalue weighted by Gasteiger charge is -2.40. The Morgan fingerprint density at radius 3 is 2.59 bits per heavy atom. The van der Waals surface area contributed by atoms with E-state index in [0.29, 0.717) is 16.5 Å². The molecule has 1 atom stereocenters. The molecule has 1 aliphatic heterocycles. The Morgan fingerprint density at radius 1 is 0.966 bits per heavy atom. The highest BCUT2D eigenvalue weighted by molar-refractivity contribution is 6.42. The van der Waals surface area contributed by atoms with E-state index in [0.717, 1.165) is 39.8 Å². The Balaban J connectivity index is 1.82. The van der Waals surface area contributed by atoms with Crippen LogP contribution in [0.4, 0.5) is 5.69 Å². The molecule has 146 valence electrons. The highest BCUT2D eigenvalue weighted by Crippen LogP contribution is 2.52. The minimum atomic E-state index is -0.307. The van der Waals surface area contributed by atoms with Crippen molar-refractivity contribution in [3.8, 4) is 0 Å². The zero-order valence-electron chi connectivity index (χ0n) is 16.4. The molecule has 0 radical (unpaired) electrons. The quantitative estimate of drug-likeness (QED) is 0.441. The number of allylic oxidation sites excluding steroid dienone is 1. The van der Waals surface area contributed by atoms with Crippen LogP contribution in [-0.4, -0.2) is 5.78 Å². The van der Waals surface area contributed by atoms with Gasteiger partial charge in [0.25, 0.3) is 0 Å². The average Bonchev–Trinajstić information content (AvgIpc) is 2.68. The molecule has 0 aromatic heterocycles. The van der Waals surface area contributed by atoms with Crippen molar-refractivity contribution in [2.75, 3.05) is 5.32 Å². The van der Waals surface area contributed by atoms with Crippen molar-refractivity contribution in [1.29, 1.82) is 0 Å². The molecule has 1 aliphatic carbocycles. The number of hydrogen-bond acceptors (Lipinski definition) is 2. The van der Waals surface area contributed by atoms with Crippen molar-refractivity contribution in [2.45, 2.75) is 32.7 Å². The molecule has 0 amide bonds. The van der Waals surface area contributed by atoms with Gasteiger partial charge in [0, 0.05) is 22.9 Å². The second-order valence-corrected chi connectivity index (χ2v) is 9.55. The van der Waals surface area contributed by atoms with Gasteiger partial charge in [0.1, 0.15) is 0 Å². The summed E-state index contributed by atoms with van der Waals surface area (Å²) in [4.78, 5) is 13.3. The summed E-state index contributed by atoms with van der Waals surface area (Å²) in [5.74, 6) is 0.184. The molecule has 0 unspecified atom stereocenters. The van der Waals surface area contributed by atoms with Crippen LogP contribution in [0.15, 0.2) is 60.2 Å². The molecule has 0 saturated heterocycles. The van der Waals surface area contributed by atoms with Crippen LogP contribution in [0, 0.1) is 5.41 Å². The van der Waals surface area contributed by atoms with E-state index < -0.39 is 0 Å². The van der Waals surface area contributed by atoms with E-state index in [4.69, 9.17) is 23.2 Å². The fraction of sp³-hybridized carbons (Fsp3) is 0.240. The molecule has 3 aromatic carbocycles. The fourth-order valence-corrected chi connectivity index (χ4v) is 5.20. The molecule has 2 aliphatic rings. The Bertz CT molecular complexity index is 1210. The zero-order valence-corrected chi connectivity index (χ0v) is 17.9. The predicted molar refractivity (Wildman–Crippen MR) is 122 cm³/mol. The largest absolute Gasteiger partial charge is 0.373 e. The van der Waals surface area contributed by atoms with Crippen molar-refractivity contribution in [3.63, 3.8) is 0 Å². The molecule has 29 heavy (non-hydrogen) atoms. The summed E-state index contributed by atoms with van der Waals surface area (Å²) in [5.41, 5.74) is 4.92. The second-order valence-electron chi connectivity index (χ2n) is 8.76. The summed E-state index contributed by atoms with van der Waals surface area (Å²) in [6, 6.07) is 17.9. The summed E-state index contributed by atoms with van der Waals surface area (Å²) in [5, 5.41) is 6.98. The minimum Gasteiger partial charge on any atom is -0.373 e. The summed E-state index contributed by atoms with van der Waals surface area (Å²) >= 11 is 12.9. The smallest absolute Gasteiger partial charge is 0.162 e. The summed E-state index contributed by atoms with van der Waals surface area (Å²) in [6.07, 6.45) is 1.39. The normalized spacial score (nSPS) is 20.3. The number of Topliss-reactive ketones (excluding diaryl/α,β-unsaturated/α-hetero) is 1. The number of nitrogens with one attached hydrogen (secondary N) is 1. The van der Waals surface area contributed by atoms with Gasteiger partial charge in [-0.1, -0.05) is 85.6 Å². The lowest BCUT2D eigenvalue weighted by molar-refractivity contribution is -0.118. The number of fused-ring (bicyclic) bond motifs is 4. The van der Waals surface area contributed by atoms with E-state index in [1.165, 1.54) is 5.39 Å². The van der Waals surface area contributed by atoms with Gasteiger partial charge in [0.05, 0.1) is 21.8 Å². The lowest BCUT2D eigenvalue weighted by Crippen LogP contribution is -2.33. The molecule has 1 heterocycles. The Kier molecular flexibility index (Phi) is 4.27. The SMILES string of the molecule is CC1(C)CC(=O)C2=C(C1)c1ccc3ccccc3c1N[C@@H]2c1cccc(Cl)c1Cl. The molecule has 0 fully saturated rings. The van der Waals surface area contributed by atoms with Gasteiger partial charge in [-0.3, -0.25) is 4.79 Å². The van der Waals surface area contributed by atoms with Crippen molar-refractivity contribution in [1.82, 2.24) is 0 Å². The maximum Gasteiger partial charge on any atom is 0.162 e. The standard InChI is InChI=1S/C25H21Cl2NO/c1-25(2)12-18-16-11-10-14-6-3-4-7-15(14)23(16)28-24(21(18)20(29)13-25)17-8-5-9-19(26)22(17)27/h3-11,24,28H,12-13H2,1-2H3/t24-/m1/s1. The van der Waals surface area contributed by atoms with Crippen LogP contribution in [-0.2, 0) is 4.79 Å². The van der Waals surface area contributed by atoms with Gasteiger partial charge in [-0.2, -0.15) is 0 Å². The van der Waals surface area contributed by atoms with Crippen LogP contribution >= 0.6 is 23.2 Å². The van der Waals surface area contributed by atoms with Crippen LogP contribution in [0.1, 0.15) is 43.9 Å². The second kappa shape index (κ2) is 6.62. The number of hydrogen-bond donors (Lipinski definition) is 1. The Labute approximate surface area is 180 Å². The third-order valence-corrected chi connectivity index (χ3v) is 6.88. The van der Waals surface area contributed by atoms with Gasteiger partial charge in [-0.05, 0) is 34.4 Å². The minimum absolute atomic E-state index is 0.0706. The average molecular weight is 422 g/mol. The van der Waals surface area contributed by atoms with Crippen LogP contribution in [0.3, 0.4) is 0 Å². The third kappa shape index (κ3) is 2.97. The van der Waals surface area contributed by atoms with Crippen molar-refractivity contribution in [2.24, 2.45) is 5.41 Å². The molecule has 0 saturated carbocycles. The van der Waals surface area contributed by atoms with Crippen LogP contribution in [0.25, 0.3) is 16.3 Å². The predicted octanol–water partition coefficient (Wildman–Crippen LogP) is 7.46. The number of ketones is 1. The first kappa shape index (κ1) is 18.7. The summed E-state index contributed by atoms with van der Waals surface area (Å²) < 4.78 is 0. The monoisotopic (exact) mass is 421 g/mol. The molecule has 5 rings (SSSR count). The number of carbonyl (C=O) groups is 1. The number of anilines is 1. The fourth-order valence-electron chi connectivity index (χ4n) is 4.78. The van der Waals surface area contributed by atoms with Crippen LogP contribution in [0.2, 0.25) is 10.0 Å².